The normalized spacial score (nSPS) is 14.7. The van der Waals surface area contributed by atoms with E-state index in [0.29, 0.717) is 26.0 Å². The molecule has 0 N–H and O–H groups in total. The van der Waals surface area contributed by atoms with Crippen molar-refractivity contribution in [2.45, 2.75) is 39.3 Å². The Morgan fingerprint density at radius 3 is 2.76 bits per heavy atom. The van der Waals surface area contributed by atoms with E-state index in [-0.39, 0.29) is 5.91 Å². The third-order valence-electron chi connectivity index (χ3n) is 5.02. The van der Waals surface area contributed by atoms with E-state index in [1.165, 1.54) is 5.56 Å². The molecule has 29 heavy (non-hydrogen) atoms. The number of aryl methyl sites for hydroxylation is 1. The maximum Gasteiger partial charge on any atom is 0.222 e. The van der Waals surface area contributed by atoms with Crippen molar-refractivity contribution in [1.82, 2.24) is 14.8 Å². The molecular weight excluding hydrogens is 386 g/mol. The highest BCUT2D eigenvalue weighted by Gasteiger charge is 2.15. The van der Waals surface area contributed by atoms with Gasteiger partial charge in [0.2, 0.25) is 5.91 Å². The Kier molecular flexibility index (Phi) is 8.46. The highest BCUT2D eigenvalue weighted by Crippen LogP contribution is 2.16. The van der Waals surface area contributed by atoms with Crippen molar-refractivity contribution in [2.75, 3.05) is 40.0 Å². The second-order valence-corrected chi connectivity index (χ2v) is 8.26. The first kappa shape index (κ1) is 21.7. The summed E-state index contributed by atoms with van der Waals surface area (Å²) in [6, 6.07) is 8.14. The lowest BCUT2D eigenvalue weighted by Crippen LogP contribution is -2.35. The SMILES string of the molecule is CCc1ccc(OCCCC(=O)N(C)Cc2csc(CN3CCOCC3)n2)cc1. The van der Waals surface area contributed by atoms with Gasteiger partial charge in [0.15, 0.2) is 0 Å². The van der Waals surface area contributed by atoms with E-state index < -0.39 is 0 Å². The number of nitrogens with zero attached hydrogens (tertiary/aromatic N) is 3. The van der Waals surface area contributed by atoms with Crippen molar-refractivity contribution >= 4 is 17.2 Å². The predicted molar refractivity (Wildman–Crippen MR) is 115 cm³/mol. The van der Waals surface area contributed by atoms with Gasteiger partial charge in [-0.15, -0.1) is 11.3 Å². The molecule has 1 saturated heterocycles. The number of hydrogen-bond donors (Lipinski definition) is 0. The maximum absolute atomic E-state index is 12.4. The van der Waals surface area contributed by atoms with Crippen molar-refractivity contribution in [3.63, 3.8) is 0 Å². The monoisotopic (exact) mass is 417 g/mol. The largest absolute Gasteiger partial charge is 0.494 e. The van der Waals surface area contributed by atoms with Crippen molar-refractivity contribution in [3.8, 4) is 5.75 Å². The van der Waals surface area contributed by atoms with Crippen LogP contribution in [0.25, 0.3) is 0 Å². The Morgan fingerprint density at radius 1 is 1.28 bits per heavy atom. The Balaban J connectivity index is 1.35. The molecule has 2 heterocycles. The van der Waals surface area contributed by atoms with E-state index in [0.717, 1.165) is 55.7 Å². The molecule has 2 aromatic rings. The van der Waals surface area contributed by atoms with E-state index in [1.54, 1.807) is 16.2 Å². The first-order valence-corrected chi connectivity index (χ1v) is 11.2. The smallest absolute Gasteiger partial charge is 0.222 e. The van der Waals surface area contributed by atoms with E-state index in [2.05, 4.69) is 29.3 Å². The molecule has 1 amide bonds. The van der Waals surface area contributed by atoms with Gasteiger partial charge in [-0.3, -0.25) is 9.69 Å². The van der Waals surface area contributed by atoms with Gasteiger partial charge in [-0.25, -0.2) is 4.98 Å². The van der Waals surface area contributed by atoms with Crippen LogP contribution in [0.1, 0.15) is 36.0 Å². The molecular formula is C22H31N3O3S. The molecule has 0 radical (unpaired) electrons. The Hall–Kier alpha value is -1.96. The Bertz CT molecular complexity index is 757. The first-order chi connectivity index (χ1) is 14.1. The second-order valence-electron chi connectivity index (χ2n) is 7.32. The fraction of sp³-hybridized carbons (Fsp3) is 0.545. The molecule has 1 aliphatic rings. The lowest BCUT2D eigenvalue weighted by atomic mass is 10.2. The first-order valence-electron chi connectivity index (χ1n) is 10.3. The van der Waals surface area contributed by atoms with Crippen LogP contribution < -0.4 is 4.74 Å². The summed E-state index contributed by atoms with van der Waals surface area (Å²) in [5.74, 6) is 0.982. The molecule has 0 saturated carbocycles. The maximum atomic E-state index is 12.4. The molecule has 158 valence electrons. The Morgan fingerprint density at radius 2 is 2.03 bits per heavy atom. The fourth-order valence-corrected chi connectivity index (χ4v) is 4.03. The van der Waals surface area contributed by atoms with Gasteiger partial charge in [0.1, 0.15) is 10.8 Å². The van der Waals surface area contributed by atoms with Crippen molar-refractivity contribution < 1.29 is 14.3 Å². The number of carbonyl (C=O) groups excluding carboxylic acids is 1. The molecule has 6 nitrogen and oxygen atoms in total. The lowest BCUT2D eigenvalue weighted by molar-refractivity contribution is -0.130. The molecule has 0 aliphatic carbocycles. The quantitative estimate of drug-likeness (QED) is 0.555. The highest BCUT2D eigenvalue weighted by molar-refractivity contribution is 7.09. The van der Waals surface area contributed by atoms with Crippen molar-refractivity contribution in [3.05, 3.63) is 45.9 Å². The average Bonchev–Trinajstić information content (AvgIpc) is 3.18. The van der Waals surface area contributed by atoms with Crippen LogP contribution >= 0.6 is 11.3 Å². The summed E-state index contributed by atoms with van der Waals surface area (Å²) in [5, 5.41) is 3.16. The number of morpholine rings is 1. The van der Waals surface area contributed by atoms with Crippen LogP contribution in [-0.4, -0.2) is 60.6 Å². The van der Waals surface area contributed by atoms with E-state index >= 15 is 0 Å². The standard InChI is InChI=1S/C22H31N3O3S/c1-3-18-6-8-20(9-7-18)28-12-4-5-22(26)24(2)15-19-17-29-21(23-19)16-25-10-13-27-14-11-25/h6-9,17H,3-5,10-16H2,1-2H3. The summed E-state index contributed by atoms with van der Waals surface area (Å²) in [5.41, 5.74) is 2.26. The van der Waals surface area contributed by atoms with E-state index in [4.69, 9.17) is 14.5 Å². The van der Waals surface area contributed by atoms with Crippen LogP contribution in [-0.2, 0) is 29.0 Å². The fourth-order valence-electron chi connectivity index (χ4n) is 3.20. The zero-order valence-corrected chi connectivity index (χ0v) is 18.2. The van der Waals surface area contributed by atoms with Crippen LogP contribution in [0.15, 0.2) is 29.6 Å². The van der Waals surface area contributed by atoms with Crippen molar-refractivity contribution in [1.29, 1.82) is 0 Å². The van der Waals surface area contributed by atoms with Gasteiger partial charge < -0.3 is 14.4 Å². The number of benzene rings is 1. The summed E-state index contributed by atoms with van der Waals surface area (Å²) in [7, 11) is 1.84. The van der Waals surface area contributed by atoms with E-state index in [1.807, 2.05) is 19.2 Å². The third kappa shape index (κ3) is 7.10. The molecule has 1 aromatic heterocycles. The Labute approximate surface area is 177 Å². The number of carbonyl (C=O) groups is 1. The van der Waals surface area contributed by atoms with Gasteiger partial charge >= 0.3 is 0 Å². The summed E-state index contributed by atoms with van der Waals surface area (Å²) in [6.45, 7) is 7.60. The van der Waals surface area contributed by atoms with Gasteiger partial charge in [0.25, 0.3) is 0 Å². The number of hydrogen-bond acceptors (Lipinski definition) is 6. The third-order valence-corrected chi connectivity index (χ3v) is 5.90. The highest BCUT2D eigenvalue weighted by atomic mass is 32.1. The van der Waals surface area contributed by atoms with Gasteiger partial charge in [0, 0.05) is 31.9 Å². The van der Waals surface area contributed by atoms with Crippen LogP contribution in [0.2, 0.25) is 0 Å². The minimum absolute atomic E-state index is 0.123. The summed E-state index contributed by atoms with van der Waals surface area (Å²) in [6.07, 6.45) is 2.21. The molecule has 1 fully saturated rings. The number of thiazole rings is 1. The van der Waals surface area contributed by atoms with Crippen LogP contribution in [0.5, 0.6) is 5.75 Å². The molecule has 0 bridgehead atoms. The van der Waals surface area contributed by atoms with Gasteiger partial charge in [0.05, 0.1) is 38.6 Å². The summed E-state index contributed by atoms with van der Waals surface area (Å²) in [4.78, 5) is 21.2. The molecule has 1 aliphatic heterocycles. The molecule has 7 heteroatoms. The predicted octanol–water partition coefficient (Wildman–Crippen LogP) is 3.36. The van der Waals surface area contributed by atoms with E-state index in [9.17, 15) is 4.79 Å². The zero-order valence-electron chi connectivity index (χ0n) is 17.4. The molecule has 3 rings (SSSR count). The van der Waals surface area contributed by atoms with Crippen LogP contribution in [0.4, 0.5) is 0 Å². The molecule has 0 spiro atoms. The van der Waals surface area contributed by atoms with Gasteiger partial charge in [-0.1, -0.05) is 19.1 Å². The van der Waals surface area contributed by atoms with Crippen molar-refractivity contribution in [2.24, 2.45) is 0 Å². The average molecular weight is 418 g/mol. The number of rotatable bonds is 10. The lowest BCUT2D eigenvalue weighted by Gasteiger charge is -2.25. The number of aromatic nitrogens is 1. The zero-order chi connectivity index (χ0) is 20.5. The topological polar surface area (TPSA) is 54.9 Å². The summed E-state index contributed by atoms with van der Waals surface area (Å²) < 4.78 is 11.1. The number of amides is 1. The van der Waals surface area contributed by atoms with Gasteiger partial charge in [-0.2, -0.15) is 0 Å². The second kappa shape index (κ2) is 11.3. The van der Waals surface area contributed by atoms with Crippen LogP contribution in [0.3, 0.4) is 0 Å². The molecule has 0 unspecified atom stereocenters. The minimum Gasteiger partial charge on any atom is -0.494 e. The minimum atomic E-state index is 0.123. The van der Waals surface area contributed by atoms with Crippen LogP contribution in [0, 0.1) is 0 Å². The molecule has 1 aromatic carbocycles. The molecule has 0 atom stereocenters. The van der Waals surface area contributed by atoms with Gasteiger partial charge in [-0.05, 0) is 30.5 Å². The summed E-state index contributed by atoms with van der Waals surface area (Å²) >= 11 is 1.67. The number of ether oxygens (including phenoxy) is 2.